The molecule has 2 rings (SSSR count). The van der Waals surface area contributed by atoms with Crippen LogP contribution in [0.15, 0.2) is 24.3 Å². The minimum atomic E-state index is -0.663. The number of nitrogens with zero attached hydrogens (tertiary/aromatic N) is 1. The fraction of sp³-hybridized carbons (Fsp3) is 0.556. The molecular weight excluding hydrogens is 262 g/mol. The maximum absolute atomic E-state index is 12.8. The van der Waals surface area contributed by atoms with Gasteiger partial charge in [0.1, 0.15) is 11.7 Å². The van der Waals surface area contributed by atoms with Gasteiger partial charge in [-0.2, -0.15) is 5.26 Å². The highest BCUT2D eigenvalue weighted by Crippen LogP contribution is 2.40. The van der Waals surface area contributed by atoms with E-state index >= 15 is 0 Å². The van der Waals surface area contributed by atoms with Crippen molar-refractivity contribution in [3.63, 3.8) is 0 Å². The van der Waals surface area contributed by atoms with Gasteiger partial charge in [0.05, 0.1) is 12.7 Å². The standard InChI is InChI=1S/C18H23NO2/c1-3-21-15-9-7-14(8-10-15)16(13-19)17(20)18(2)11-5-4-6-12-18/h7-10,16H,3-6,11-12H2,1-2H3. The molecule has 1 unspecified atom stereocenters. The van der Waals surface area contributed by atoms with Crippen molar-refractivity contribution in [1.29, 1.82) is 5.26 Å². The van der Waals surface area contributed by atoms with Crippen molar-refractivity contribution in [2.24, 2.45) is 5.41 Å². The molecule has 1 saturated carbocycles. The summed E-state index contributed by atoms with van der Waals surface area (Å²) >= 11 is 0. The van der Waals surface area contributed by atoms with Crippen LogP contribution >= 0.6 is 0 Å². The van der Waals surface area contributed by atoms with Gasteiger partial charge in [-0.15, -0.1) is 0 Å². The average molecular weight is 285 g/mol. The lowest BCUT2D eigenvalue weighted by molar-refractivity contribution is -0.129. The van der Waals surface area contributed by atoms with Crippen molar-refractivity contribution in [1.82, 2.24) is 0 Å². The third-order valence-electron chi connectivity index (χ3n) is 4.47. The van der Waals surface area contributed by atoms with Crippen molar-refractivity contribution in [3.05, 3.63) is 29.8 Å². The van der Waals surface area contributed by atoms with E-state index in [2.05, 4.69) is 6.07 Å². The molecule has 0 aromatic heterocycles. The number of carbonyl (C=O) groups is 1. The van der Waals surface area contributed by atoms with Crippen LogP contribution in [-0.4, -0.2) is 12.4 Å². The molecule has 0 amide bonds. The van der Waals surface area contributed by atoms with Crippen LogP contribution in [0.25, 0.3) is 0 Å². The van der Waals surface area contributed by atoms with Crippen molar-refractivity contribution >= 4 is 5.78 Å². The van der Waals surface area contributed by atoms with Crippen molar-refractivity contribution < 1.29 is 9.53 Å². The molecule has 1 aliphatic carbocycles. The molecule has 112 valence electrons. The second kappa shape index (κ2) is 6.76. The smallest absolute Gasteiger partial charge is 0.160 e. The Kier molecular flexibility index (Phi) is 5.01. The van der Waals surface area contributed by atoms with E-state index in [-0.39, 0.29) is 11.2 Å². The lowest BCUT2D eigenvalue weighted by Crippen LogP contribution is -2.34. The van der Waals surface area contributed by atoms with E-state index in [1.54, 1.807) is 0 Å². The van der Waals surface area contributed by atoms with Gasteiger partial charge in [-0.3, -0.25) is 4.79 Å². The van der Waals surface area contributed by atoms with E-state index in [0.717, 1.165) is 37.0 Å². The zero-order valence-electron chi connectivity index (χ0n) is 12.9. The van der Waals surface area contributed by atoms with Gasteiger partial charge >= 0.3 is 0 Å². The SMILES string of the molecule is CCOc1ccc(C(C#N)C(=O)C2(C)CCCCC2)cc1. The maximum atomic E-state index is 12.8. The number of carbonyl (C=O) groups excluding carboxylic acids is 1. The Morgan fingerprint density at radius 3 is 2.43 bits per heavy atom. The Hall–Kier alpha value is -1.82. The third kappa shape index (κ3) is 3.44. The van der Waals surface area contributed by atoms with Gasteiger partial charge in [-0.25, -0.2) is 0 Å². The third-order valence-corrected chi connectivity index (χ3v) is 4.47. The summed E-state index contributed by atoms with van der Waals surface area (Å²) < 4.78 is 5.40. The second-order valence-electron chi connectivity index (χ2n) is 6.05. The summed E-state index contributed by atoms with van der Waals surface area (Å²) in [7, 11) is 0. The number of Topliss-reactive ketones (excluding diaryl/α,β-unsaturated/α-hetero) is 1. The normalized spacial score (nSPS) is 18.5. The zero-order valence-corrected chi connectivity index (χ0v) is 12.9. The van der Waals surface area contributed by atoms with Crippen LogP contribution in [0.4, 0.5) is 0 Å². The van der Waals surface area contributed by atoms with E-state index < -0.39 is 5.92 Å². The van der Waals surface area contributed by atoms with Crippen molar-refractivity contribution in [2.75, 3.05) is 6.61 Å². The summed E-state index contributed by atoms with van der Waals surface area (Å²) in [5, 5.41) is 9.47. The minimum Gasteiger partial charge on any atom is -0.494 e. The molecule has 0 N–H and O–H groups in total. The molecule has 1 aliphatic rings. The molecule has 0 radical (unpaired) electrons. The quantitative estimate of drug-likeness (QED) is 0.813. The summed E-state index contributed by atoms with van der Waals surface area (Å²) in [6.07, 6.45) is 5.18. The summed E-state index contributed by atoms with van der Waals surface area (Å²) in [6.45, 7) is 4.56. The molecule has 0 aliphatic heterocycles. The first-order valence-electron chi connectivity index (χ1n) is 7.77. The van der Waals surface area contributed by atoms with Gasteiger partial charge in [-0.05, 0) is 37.5 Å². The van der Waals surface area contributed by atoms with Gasteiger partial charge in [0, 0.05) is 5.41 Å². The zero-order chi connectivity index (χ0) is 15.3. The van der Waals surface area contributed by atoms with Gasteiger partial charge in [-0.1, -0.05) is 38.3 Å². The second-order valence-corrected chi connectivity index (χ2v) is 6.05. The van der Waals surface area contributed by atoms with Crippen LogP contribution in [0, 0.1) is 16.7 Å². The number of nitriles is 1. The molecule has 0 spiro atoms. The topological polar surface area (TPSA) is 50.1 Å². The van der Waals surface area contributed by atoms with Crippen LogP contribution < -0.4 is 4.74 Å². The predicted molar refractivity (Wildman–Crippen MR) is 82.2 cm³/mol. The van der Waals surface area contributed by atoms with E-state index in [9.17, 15) is 10.1 Å². The number of hydrogen-bond acceptors (Lipinski definition) is 3. The van der Waals surface area contributed by atoms with E-state index in [4.69, 9.17) is 4.74 Å². The molecule has 3 nitrogen and oxygen atoms in total. The first-order chi connectivity index (χ1) is 10.1. The lowest BCUT2D eigenvalue weighted by atomic mass is 9.68. The molecule has 0 heterocycles. The largest absolute Gasteiger partial charge is 0.494 e. The van der Waals surface area contributed by atoms with Crippen molar-refractivity contribution in [2.45, 2.75) is 51.9 Å². The first-order valence-corrected chi connectivity index (χ1v) is 7.77. The van der Waals surface area contributed by atoms with Crippen LogP contribution in [0.3, 0.4) is 0 Å². The average Bonchev–Trinajstić information content (AvgIpc) is 2.50. The van der Waals surface area contributed by atoms with Crippen LogP contribution in [-0.2, 0) is 4.79 Å². The van der Waals surface area contributed by atoms with E-state index in [1.165, 1.54) is 6.42 Å². The van der Waals surface area contributed by atoms with E-state index in [0.29, 0.717) is 6.61 Å². The lowest BCUT2D eigenvalue weighted by Gasteiger charge is -2.33. The van der Waals surface area contributed by atoms with E-state index in [1.807, 2.05) is 38.1 Å². The first kappa shape index (κ1) is 15.6. The fourth-order valence-electron chi connectivity index (χ4n) is 3.13. The molecule has 1 atom stereocenters. The number of ketones is 1. The van der Waals surface area contributed by atoms with Crippen molar-refractivity contribution in [3.8, 4) is 11.8 Å². The molecule has 1 aromatic rings. The van der Waals surface area contributed by atoms with Gasteiger partial charge in [0.15, 0.2) is 5.78 Å². The maximum Gasteiger partial charge on any atom is 0.160 e. The Morgan fingerprint density at radius 1 is 1.29 bits per heavy atom. The number of rotatable bonds is 5. The highest BCUT2D eigenvalue weighted by atomic mass is 16.5. The van der Waals surface area contributed by atoms with Crippen LogP contribution in [0.5, 0.6) is 5.75 Å². The highest BCUT2D eigenvalue weighted by Gasteiger charge is 2.39. The Bertz CT molecular complexity index is 521. The Balaban J connectivity index is 2.18. The Morgan fingerprint density at radius 2 is 1.90 bits per heavy atom. The highest BCUT2D eigenvalue weighted by molar-refractivity contribution is 5.93. The predicted octanol–water partition coefficient (Wildman–Crippen LogP) is 4.23. The number of benzene rings is 1. The van der Waals surface area contributed by atoms with Crippen LogP contribution in [0.2, 0.25) is 0 Å². The van der Waals surface area contributed by atoms with Crippen LogP contribution in [0.1, 0.15) is 57.4 Å². The molecule has 1 fully saturated rings. The van der Waals surface area contributed by atoms with Gasteiger partial charge < -0.3 is 4.74 Å². The molecule has 3 heteroatoms. The molecular formula is C18H23NO2. The summed E-state index contributed by atoms with van der Waals surface area (Å²) in [5.41, 5.74) is 0.440. The minimum absolute atomic E-state index is 0.0776. The number of ether oxygens (including phenoxy) is 1. The summed E-state index contributed by atoms with van der Waals surface area (Å²) in [4.78, 5) is 12.8. The Labute approximate surface area is 126 Å². The number of hydrogen-bond donors (Lipinski definition) is 0. The summed E-state index contributed by atoms with van der Waals surface area (Å²) in [6, 6.07) is 9.54. The molecule has 1 aromatic carbocycles. The van der Waals surface area contributed by atoms with Gasteiger partial charge in [0.25, 0.3) is 0 Å². The van der Waals surface area contributed by atoms with Gasteiger partial charge in [0.2, 0.25) is 0 Å². The fourth-order valence-corrected chi connectivity index (χ4v) is 3.13. The molecule has 21 heavy (non-hydrogen) atoms. The molecule has 0 saturated heterocycles. The molecule has 0 bridgehead atoms. The monoisotopic (exact) mass is 285 g/mol. The summed E-state index contributed by atoms with van der Waals surface area (Å²) in [5.74, 6) is 0.187.